The Balaban J connectivity index is 2.14. The van der Waals surface area contributed by atoms with E-state index in [9.17, 15) is 0 Å². The fourth-order valence-electron chi connectivity index (χ4n) is 2.49. The van der Waals surface area contributed by atoms with Crippen LogP contribution in [0, 0.1) is 5.92 Å². The van der Waals surface area contributed by atoms with E-state index in [1.807, 2.05) is 13.8 Å². The number of nitrogen functional groups attached to an aromatic ring is 1. The Labute approximate surface area is 159 Å². The van der Waals surface area contributed by atoms with Gasteiger partial charge in [-0.1, -0.05) is 54.9 Å². The van der Waals surface area contributed by atoms with E-state index in [0.717, 1.165) is 6.42 Å². The van der Waals surface area contributed by atoms with Crippen molar-refractivity contribution in [2.75, 3.05) is 11.1 Å². The second kappa shape index (κ2) is 9.25. The van der Waals surface area contributed by atoms with E-state index in [1.165, 1.54) is 5.57 Å². The average molecular weight is 373 g/mol. The van der Waals surface area contributed by atoms with Crippen LogP contribution in [-0.2, 0) is 0 Å². The number of halogens is 1. The monoisotopic (exact) mass is 372 g/mol. The molecule has 0 spiro atoms. The molecule has 1 atom stereocenters. The normalized spacial score (nSPS) is 14.7. The molecule has 0 bridgehead atoms. The molecule has 26 heavy (non-hydrogen) atoms. The fourth-order valence-corrected chi connectivity index (χ4v) is 2.68. The van der Waals surface area contributed by atoms with Crippen LogP contribution < -0.4 is 11.1 Å². The first-order chi connectivity index (χ1) is 12.5. The molecular weight excluding hydrogens is 348 g/mol. The van der Waals surface area contributed by atoms with Gasteiger partial charge in [0.25, 0.3) is 0 Å². The van der Waals surface area contributed by atoms with Crippen molar-refractivity contribution in [3.8, 4) is 0 Å². The highest BCUT2D eigenvalue weighted by Crippen LogP contribution is 2.33. The SMILES string of the molecule is C/C=C(\C=C/CC)C(C)/C=C\N=C(/C)Nc1c(Cl)ccc2c(N)noc12. The summed E-state index contributed by atoms with van der Waals surface area (Å²) in [6.07, 6.45) is 11.3. The molecule has 0 radical (unpaired) electrons. The van der Waals surface area contributed by atoms with Crippen LogP contribution in [0.25, 0.3) is 11.0 Å². The van der Waals surface area contributed by atoms with Crippen molar-refractivity contribution >= 4 is 39.9 Å². The molecule has 0 aliphatic rings. The summed E-state index contributed by atoms with van der Waals surface area (Å²) in [5, 5.41) is 8.18. The van der Waals surface area contributed by atoms with Crippen molar-refractivity contribution in [3.05, 3.63) is 53.2 Å². The van der Waals surface area contributed by atoms with Gasteiger partial charge in [-0.3, -0.25) is 0 Å². The lowest BCUT2D eigenvalue weighted by molar-refractivity contribution is 0.461. The molecule has 0 aliphatic heterocycles. The molecule has 0 saturated carbocycles. The third kappa shape index (κ3) is 4.76. The maximum atomic E-state index is 6.27. The topological polar surface area (TPSA) is 76.4 Å². The quantitative estimate of drug-likeness (QED) is 0.373. The molecule has 138 valence electrons. The van der Waals surface area contributed by atoms with Crippen molar-refractivity contribution in [1.82, 2.24) is 5.16 Å². The van der Waals surface area contributed by atoms with Crippen LogP contribution in [0.4, 0.5) is 11.5 Å². The molecule has 5 nitrogen and oxygen atoms in total. The predicted molar refractivity (Wildman–Crippen MR) is 112 cm³/mol. The average Bonchev–Trinajstić information content (AvgIpc) is 2.99. The summed E-state index contributed by atoms with van der Waals surface area (Å²) in [6, 6.07) is 3.54. The number of aliphatic imine (C=N–C) groups is 1. The van der Waals surface area contributed by atoms with Crippen LogP contribution >= 0.6 is 11.6 Å². The van der Waals surface area contributed by atoms with E-state index in [1.54, 1.807) is 18.3 Å². The lowest BCUT2D eigenvalue weighted by atomic mass is 10.0. The Hall–Kier alpha value is -2.53. The minimum Gasteiger partial charge on any atom is -0.380 e. The van der Waals surface area contributed by atoms with Gasteiger partial charge in [-0.15, -0.1) is 0 Å². The third-order valence-electron chi connectivity index (χ3n) is 3.97. The minimum absolute atomic E-state index is 0.278. The number of nitrogens with two attached hydrogens (primary N) is 1. The maximum absolute atomic E-state index is 6.27. The van der Waals surface area contributed by atoms with Gasteiger partial charge in [0.05, 0.1) is 10.4 Å². The van der Waals surface area contributed by atoms with Crippen LogP contribution in [0.15, 0.2) is 57.7 Å². The first kappa shape index (κ1) is 19.8. The standard InChI is InChI=1S/C20H25ClN4O/c1-5-7-8-15(6-2)13(3)11-12-23-14(4)24-18-17(21)10-9-16-19(18)26-25-20(16)22/h6-13H,5H2,1-4H3,(H2,22,25)(H,23,24)/b8-7-,12-11-,15-6+. The molecule has 1 aromatic heterocycles. The van der Waals surface area contributed by atoms with Gasteiger partial charge in [0.1, 0.15) is 11.5 Å². The van der Waals surface area contributed by atoms with Crippen molar-refractivity contribution < 1.29 is 4.52 Å². The summed E-state index contributed by atoms with van der Waals surface area (Å²) < 4.78 is 5.28. The van der Waals surface area contributed by atoms with Crippen molar-refractivity contribution in [2.24, 2.45) is 10.9 Å². The molecule has 0 aliphatic carbocycles. The number of hydrogen-bond donors (Lipinski definition) is 2. The predicted octanol–water partition coefficient (Wildman–Crippen LogP) is 5.96. The van der Waals surface area contributed by atoms with Gasteiger partial charge in [0, 0.05) is 12.1 Å². The smallest absolute Gasteiger partial charge is 0.194 e. The van der Waals surface area contributed by atoms with Gasteiger partial charge in [-0.25, -0.2) is 4.99 Å². The Morgan fingerprint density at radius 3 is 2.92 bits per heavy atom. The molecule has 0 saturated heterocycles. The Bertz CT molecular complexity index is 877. The van der Waals surface area contributed by atoms with Crippen molar-refractivity contribution in [2.45, 2.75) is 34.1 Å². The molecule has 3 N–H and O–H groups in total. The van der Waals surface area contributed by atoms with Gasteiger partial charge in [0.2, 0.25) is 0 Å². The van der Waals surface area contributed by atoms with E-state index in [4.69, 9.17) is 21.9 Å². The molecule has 1 heterocycles. The van der Waals surface area contributed by atoms with E-state index in [2.05, 4.69) is 53.6 Å². The molecule has 2 rings (SSSR count). The molecular formula is C20H25ClN4O. The Kier molecular flexibility index (Phi) is 7.04. The van der Waals surface area contributed by atoms with Gasteiger partial charge in [-0.2, -0.15) is 0 Å². The number of aromatic nitrogens is 1. The lowest BCUT2D eigenvalue weighted by Gasteiger charge is -2.08. The van der Waals surface area contributed by atoms with E-state index >= 15 is 0 Å². The van der Waals surface area contributed by atoms with Crippen LogP contribution in [0.1, 0.15) is 34.1 Å². The van der Waals surface area contributed by atoms with E-state index in [-0.39, 0.29) is 5.92 Å². The van der Waals surface area contributed by atoms with Crippen molar-refractivity contribution in [3.63, 3.8) is 0 Å². The number of fused-ring (bicyclic) bond motifs is 1. The summed E-state index contributed by atoms with van der Waals surface area (Å²) in [4.78, 5) is 4.43. The summed E-state index contributed by atoms with van der Waals surface area (Å²) in [7, 11) is 0. The van der Waals surface area contributed by atoms with Gasteiger partial charge < -0.3 is 15.6 Å². The number of amidine groups is 1. The lowest BCUT2D eigenvalue weighted by Crippen LogP contribution is -2.07. The number of benzene rings is 1. The fraction of sp³-hybridized carbons (Fsp3) is 0.300. The summed E-state index contributed by atoms with van der Waals surface area (Å²) in [5.74, 6) is 1.30. The van der Waals surface area contributed by atoms with Gasteiger partial charge in [-0.05, 0) is 38.0 Å². The maximum Gasteiger partial charge on any atom is 0.194 e. The number of nitrogens with zero attached hydrogens (tertiary/aromatic N) is 2. The van der Waals surface area contributed by atoms with Gasteiger partial charge in [0.15, 0.2) is 11.4 Å². The number of rotatable bonds is 6. The first-order valence-corrected chi connectivity index (χ1v) is 8.99. The van der Waals surface area contributed by atoms with Crippen LogP contribution in [0.3, 0.4) is 0 Å². The van der Waals surface area contributed by atoms with Gasteiger partial charge >= 0.3 is 0 Å². The highest BCUT2D eigenvalue weighted by molar-refractivity contribution is 6.35. The number of allylic oxidation sites excluding steroid dienone is 5. The largest absolute Gasteiger partial charge is 0.380 e. The van der Waals surface area contributed by atoms with Crippen LogP contribution in [0.2, 0.25) is 5.02 Å². The van der Waals surface area contributed by atoms with E-state index < -0.39 is 0 Å². The number of nitrogens with one attached hydrogen (secondary N) is 1. The Morgan fingerprint density at radius 1 is 1.46 bits per heavy atom. The zero-order valence-electron chi connectivity index (χ0n) is 15.6. The Morgan fingerprint density at radius 2 is 2.23 bits per heavy atom. The van der Waals surface area contributed by atoms with Crippen LogP contribution in [0.5, 0.6) is 0 Å². The molecule has 1 unspecified atom stereocenters. The highest BCUT2D eigenvalue weighted by Gasteiger charge is 2.13. The zero-order chi connectivity index (χ0) is 19.1. The molecule has 2 aromatic rings. The molecule has 6 heteroatoms. The molecule has 1 aromatic carbocycles. The van der Waals surface area contributed by atoms with Crippen LogP contribution in [-0.4, -0.2) is 11.0 Å². The molecule has 0 amide bonds. The molecule has 0 fully saturated rings. The number of anilines is 2. The number of hydrogen-bond acceptors (Lipinski definition) is 4. The third-order valence-corrected chi connectivity index (χ3v) is 4.29. The van der Waals surface area contributed by atoms with Crippen molar-refractivity contribution in [1.29, 1.82) is 0 Å². The minimum atomic E-state index is 0.278. The first-order valence-electron chi connectivity index (χ1n) is 8.62. The summed E-state index contributed by atoms with van der Waals surface area (Å²) in [6.45, 7) is 8.16. The second-order valence-electron chi connectivity index (χ2n) is 5.94. The summed E-state index contributed by atoms with van der Waals surface area (Å²) >= 11 is 6.27. The summed E-state index contributed by atoms with van der Waals surface area (Å²) in [5.41, 5.74) is 8.17. The highest BCUT2D eigenvalue weighted by atomic mass is 35.5. The zero-order valence-corrected chi connectivity index (χ0v) is 16.3. The van der Waals surface area contributed by atoms with E-state index in [0.29, 0.717) is 33.3 Å². The second-order valence-corrected chi connectivity index (χ2v) is 6.34.